The zero-order valence-corrected chi connectivity index (χ0v) is 10.7. The average Bonchev–Trinajstić information content (AvgIpc) is 2.13. The Balaban J connectivity index is 3.01. The predicted octanol–water partition coefficient (Wildman–Crippen LogP) is 1.16. The Bertz CT molecular complexity index is 591. The molecule has 7 heteroatoms. The lowest BCUT2D eigenvalue weighted by Gasteiger charge is -2.07. The Kier molecular flexibility index (Phi) is 4.20. The second-order valence-corrected chi connectivity index (χ2v) is 5.36. The molecular formula is C11H13NO5S. The molecule has 0 saturated heterocycles. The smallest absolute Gasteiger partial charge is 0.294 e. The molecule has 0 heterocycles. The van der Waals surface area contributed by atoms with Gasteiger partial charge in [-0.15, -0.1) is 0 Å². The zero-order chi connectivity index (χ0) is 13.9. The fourth-order valence-electron chi connectivity index (χ4n) is 1.40. The third-order valence-corrected chi connectivity index (χ3v) is 2.87. The van der Waals surface area contributed by atoms with E-state index in [0.29, 0.717) is 5.56 Å². The summed E-state index contributed by atoms with van der Waals surface area (Å²) < 4.78 is 30.9. The van der Waals surface area contributed by atoms with Crippen LogP contribution in [0.15, 0.2) is 23.1 Å². The van der Waals surface area contributed by atoms with E-state index in [1.54, 1.807) is 6.92 Å². The number of hydrogen-bond acceptors (Lipinski definition) is 4. The topological polar surface area (TPSA) is 101 Å². The van der Waals surface area contributed by atoms with Gasteiger partial charge in [-0.1, -0.05) is 0 Å². The van der Waals surface area contributed by atoms with Crippen molar-refractivity contribution in [3.05, 3.63) is 23.8 Å². The van der Waals surface area contributed by atoms with Gasteiger partial charge in [-0.2, -0.15) is 8.42 Å². The zero-order valence-electron chi connectivity index (χ0n) is 9.93. The molecule has 6 nitrogen and oxygen atoms in total. The summed E-state index contributed by atoms with van der Waals surface area (Å²) in [5.41, 5.74) is 0.775. The highest BCUT2D eigenvalue weighted by Gasteiger charge is 2.12. The molecule has 0 aromatic heterocycles. The fourth-order valence-corrected chi connectivity index (χ4v) is 2.01. The van der Waals surface area contributed by atoms with Gasteiger partial charge in [-0.25, -0.2) is 0 Å². The van der Waals surface area contributed by atoms with Crippen LogP contribution in [-0.4, -0.2) is 24.7 Å². The maximum atomic E-state index is 11.4. The number of nitrogens with one attached hydrogen (secondary N) is 1. The van der Waals surface area contributed by atoms with Gasteiger partial charge in [-0.05, 0) is 37.6 Å². The van der Waals surface area contributed by atoms with Crippen molar-refractivity contribution in [3.8, 4) is 0 Å². The molecule has 0 spiro atoms. The van der Waals surface area contributed by atoms with Crippen molar-refractivity contribution >= 4 is 27.5 Å². The van der Waals surface area contributed by atoms with Crippen molar-refractivity contribution in [1.29, 1.82) is 0 Å². The highest BCUT2D eigenvalue weighted by atomic mass is 32.2. The minimum Gasteiger partial charge on any atom is -0.326 e. The van der Waals surface area contributed by atoms with E-state index in [1.807, 2.05) is 0 Å². The molecule has 0 radical (unpaired) electrons. The van der Waals surface area contributed by atoms with Crippen LogP contribution in [0.5, 0.6) is 0 Å². The molecule has 18 heavy (non-hydrogen) atoms. The number of benzene rings is 1. The van der Waals surface area contributed by atoms with Crippen LogP contribution >= 0.6 is 0 Å². The summed E-state index contributed by atoms with van der Waals surface area (Å²) in [6, 6.07) is 3.93. The van der Waals surface area contributed by atoms with Gasteiger partial charge >= 0.3 is 0 Å². The lowest BCUT2D eigenvalue weighted by Crippen LogP contribution is -2.15. The summed E-state index contributed by atoms with van der Waals surface area (Å²) in [5, 5.41) is 2.39. The molecule has 0 unspecified atom stereocenters. The molecular weight excluding hydrogens is 258 g/mol. The van der Waals surface area contributed by atoms with Gasteiger partial charge in [0.2, 0.25) is 5.91 Å². The van der Waals surface area contributed by atoms with Crippen LogP contribution in [0, 0.1) is 6.92 Å². The number of anilines is 1. The van der Waals surface area contributed by atoms with Gasteiger partial charge in [-0.3, -0.25) is 14.1 Å². The van der Waals surface area contributed by atoms with Gasteiger partial charge in [0, 0.05) is 5.69 Å². The van der Waals surface area contributed by atoms with Crippen LogP contribution in [0.25, 0.3) is 0 Å². The number of carbonyl (C=O) groups is 2. The van der Waals surface area contributed by atoms with E-state index in [2.05, 4.69) is 5.32 Å². The Hall–Kier alpha value is -1.73. The monoisotopic (exact) mass is 271 g/mol. The summed E-state index contributed by atoms with van der Waals surface area (Å²) in [6.45, 7) is 2.90. The van der Waals surface area contributed by atoms with Crippen molar-refractivity contribution in [1.82, 2.24) is 0 Å². The highest BCUT2D eigenvalue weighted by Crippen LogP contribution is 2.18. The molecule has 0 saturated carbocycles. The van der Waals surface area contributed by atoms with Crippen LogP contribution in [0.1, 0.15) is 18.9 Å². The summed E-state index contributed by atoms with van der Waals surface area (Å²) in [4.78, 5) is 21.8. The molecule has 1 aromatic carbocycles. The van der Waals surface area contributed by atoms with Crippen molar-refractivity contribution in [2.75, 3.05) is 5.32 Å². The van der Waals surface area contributed by atoms with Crippen LogP contribution in [0.3, 0.4) is 0 Å². The standard InChI is InChI=1S/C11H13NO5S/c1-7-3-9(12-11(14)5-8(2)13)6-10(4-7)18(15,16)17/h3-4,6H,5H2,1-2H3,(H,12,14)(H,15,16,17). The lowest BCUT2D eigenvalue weighted by molar-refractivity contribution is -0.124. The molecule has 1 amide bonds. The minimum absolute atomic E-state index is 0.217. The summed E-state index contributed by atoms with van der Waals surface area (Å²) in [6.07, 6.45) is -0.283. The Morgan fingerprint density at radius 2 is 1.89 bits per heavy atom. The van der Waals surface area contributed by atoms with Crippen molar-refractivity contribution in [3.63, 3.8) is 0 Å². The van der Waals surface area contributed by atoms with E-state index in [1.165, 1.54) is 19.1 Å². The van der Waals surface area contributed by atoms with Crippen LogP contribution < -0.4 is 5.32 Å². The fraction of sp³-hybridized carbons (Fsp3) is 0.273. The van der Waals surface area contributed by atoms with Crippen molar-refractivity contribution in [2.45, 2.75) is 25.2 Å². The number of ketones is 1. The lowest BCUT2D eigenvalue weighted by atomic mass is 10.2. The van der Waals surface area contributed by atoms with Crippen LogP contribution in [0.2, 0.25) is 0 Å². The molecule has 98 valence electrons. The summed E-state index contributed by atoms with van der Waals surface area (Å²) >= 11 is 0. The number of rotatable bonds is 4. The number of carbonyl (C=O) groups excluding carboxylic acids is 2. The van der Waals surface area contributed by atoms with Gasteiger partial charge in [0.1, 0.15) is 5.78 Å². The first kappa shape index (κ1) is 14.3. The minimum atomic E-state index is -4.32. The number of aryl methyl sites for hydroxylation is 1. The highest BCUT2D eigenvalue weighted by molar-refractivity contribution is 7.85. The first-order valence-corrected chi connectivity index (χ1v) is 6.51. The summed E-state index contributed by atoms with van der Waals surface area (Å²) in [5.74, 6) is -0.829. The molecule has 0 atom stereocenters. The normalized spacial score (nSPS) is 11.1. The van der Waals surface area contributed by atoms with E-state index in [-0.39, 0.29) is 22.8 Å². The van der Waals surface area contributed by atoms with Crippen molar-refractivity contribution < 1.29 is 22.6 Å². The quantitative estimate of drug-likeness (QED) is 0.632. The number of hydrogen-bond donors (Lipinski definition) is 2. The summed E-state index contributed by atoms with van der Waals surface area (Å²) in [7, 11) is -4.32. The maximum Gasteiger partial charge on any atom is 0.294 e. The van der Waals surface area contributed by atoms with Gasteiger partial charge in [0.15, 0.2) is 0 Å². The van der Waals surface area contributed by atoms with E-state index in [0.717, 1.165) is 6.07 Å². The van der Waals surface area contributed by atoms with Gasteiger partial charge in [0.05, 0.1) is 11.3 Å². The van der Waals surface area contributed by atoms with Gasteiger partial charge < -0.3 is 5.32 Å². The second kappa shape index (κ2) is 5.28. The second-order valence-electron chi connectivity index (χ2n) is 3.94. The average molecular weight is 271 g/mol. The molecule has 0 bridgehead atoms. The maximum absolute atomic E-state index is 11.4. The van der Waals surface area contributed by atoms with E-state index < -0.39 is 16.0 Å². The molecule has 0 aliphatic rings. The largest absolute Gasteiger partial charge is 0.326 e. The van der Waals surface area contributed by atoms with E-state index in [4.69, 9.17) is 4.55 Å². The van der Waals surface area contributed by atoms with Gasteiger partial charge in [0.25, 0.3) is 10.1 Å². The van der Waals surface area contributed by atoms with Crippen LogP contribution in [-0.2, 0) is 19.7 Å². The molecule has 1 rings (SSSR count). The molecule has 0 fully saturated rings. The molecule has 0 aliphatic carbocycles. The first-order valence-electron chi connectivity index (χ1n) is 5.07. The Morgan fingerprint density at radius 3 is 2.39 bits per heavy atom. The predicted molar refractivity (Wildman–Crippen MR) is 64.9 cm³/mol. The third kappa shape index (κ3) is 4.27. The van der Waals surface area contributed by atoms with Crippen molar-refractivity contribution in [2.24, 2.45) is 0 Å². The Morgan fingerprint density at radius 1 is 1.28 bits per heavy atom. The third-order valence-electron chi connectivity index (χ3n) is 2.04. The Labute approximate surface area is 105 Å². The van der Waals surface area contributed by atoms with Crippen LogP contribution in [0.4, 0.5) is 5.69 Å². The molecule has 1 aromatic rings. The molecule has 2 N–H and O–H groups in total. The van der Waals surface area contributed by atoms with E-state index >= 15 is 0 Å². The molecule has 0 aliphatic heterocycles. The number of amides is 1. The van der Waals surface area contributed by atoms with E-state index in [9.17, 15) is 18.0 Å². The number of Topliss-reactive ketones (excluding diaryl/α,β-unsaturated/α-hetero) is 1. The SMILES string of the molecule is CC(=O)CC(=O)Nc1cc(C)cc(S(=O)(=O)O)c1. The first-order chi connectivity index (χ1) is 8.18.